The molecule has 6 nitrogen and oxygen atoms in total. The lowest BCUT2D eigenvalue weighted by molar-refractivity contribution is 0.169. The smallest absolute Gasteiger partial charge is 0.415 e. The van der Waals surface area contributed by atoms with Crippen LogP contribution in [0.25, 0.3) is 10.6 Å². The van der Waals surface area contributed by atoms with Gasteiger partial charge in [-0.25, -0.2) is 19.7 Å². The van der Waals surface area contributed by atoms with Crippen molar-refractivity contribution >= 4 is 22.4 Å². The third-order valence-corrected chi connectivity index (χ3v) is 3.72. The van der Waals surface area contributed by atoms with E-state index >= 15 is 0 Å². The van der Waals surface area contributed by atoms with Crippen molar-refractivity contribution in [3.05, 3.63) is 24.4 Å². The van der Waals surface area contributed by atoms with E-state index in [1.54, 1.807) is 19.4 Å². The minimum atomic E-state index is -0.509. The molecule has 0 aliphatic heterocycles. The van der Waals surface area contributed by atoms with Crippen molar-refractivity contribution in [1.29, 1.82) is 0 Å². The molecule has 2 aromatic rings. The number of hydrogen-bond donors (Lipinski definition) is 0. The summed E-state index contributed by atoms with van der Waals surface area (Å²) in [5, 5.41) is 1.44. The van der Waals surface area contributed by atoms with E-state index < -0.39 is 6.09 Å². The SMILES string of the molecule is C#CCOC(=O)N(C)c1sc(-c2cncnc2)nc1C. The summed E-state index contributed by atoms with van der Waals surface area (Å²) in [5.74, 6) is 2.25. The number of carbonyl (C=O) groups is 1. The second-order valence-electron chi connectivity index (χ2n) is 3.85. The van der Waals surface area contributed by atoms with E-state index in [1.165, 1.54) is 22.6 Å². The molecule has 20 heavy (non-hydrogen) atoms. The molecule has 0 atom stereocenters. The molecule has 0 spiro atoms. The number of aryl methyl sites for hydroxylation is 1. The van der Waals surface area contributed by atoms with E-state index in [2.05, 4.69) is 20.9 Å². The Balaban J connectivity index is 2.24. The van der Waals surface area contributed by atoms with Gasteiger partial charge < -0.3 is 4.74 Å². The topological polar surface area (TPSA) is 68.2 Å². The normalized spacial score (nSPS) is 9.85. The second kappa shape index (κ2) is 6.12. The summed E-state index contributed by atoms with van der Waals surface area (Å²) in [5.41, 5.74) is 1.53. The zero-order chi connectivity index (χ0) is 14.5. The van der Waals surface area contributed by atoms with Gasteiger partial charge in [0.25, 0.3) is 0 Å². The molecule has 0 bridgehead atoms. The van der Waals surface area contributed by atoms with Crippen LogP contribution in [0.3, 0.4) is 0 Å². The highest BCUT2D eigenvalue weighted by atomic mass is 32.1. The van der Waals surface area contributed by atoms with Crippen molar-refractivity contribution < 1.29 is 9.53 Å². The van der Waals surface area contributed by atoms with Crippen molar-refractivity contribution in [3.8, 4) is 22.9 Å². The van der Waals surface area contributed by atoms with Crippen LogP contribution in [0.2, 0.25) is 0 Å². The van der Waals surface area contributed by atoms with Crippen LogP contribution < -0.4 is 4.90 Å². The zero-order valence-corrected chi connectivity index (χ0v) is 11.8. The first-order valence-electron chi connectivity index (χ1n) is 5.70. The highest BCUT2D eigenvalue weighted by molar-refractivity contribution is 7.19. The average Bonchev–Trinajstić information content (AvgIpc) is 2.87. The lowest BCUT2D eigenvalue weighted by atomic mass is 10.3. The molecule has 1 amide bonds. The van der Waals surface area contributed by atoms with Gasteiger partial charge in [0.2, 0.25) is 0 Å². The van der Waals surface area contributed by atoms with E-state index in [4.69, 9.17) is 11.2 Å². The molecule has 0 saturated carbocycles. The van der Waals surface area contributed by atoms with Gasteiger partial charge in [-0.2, -0.15) is 0 Å². The van der Waals surface area contributed by atoms with Gasteiger partial charge >= 0.3 is 6.09 Å². The predicted octanol–water partition coefficient (Wildman–Crippen LogP) is 2.11. The largest absolute Gasteiger partial charge is 0.436 e. The molecule has 0 aliphatic carbocycles. The molecule has 102 valence electrons. The molecule has 2 aromatic heterocycles. The quantitative estimate of drug-likeness (QED) is 0.809. The first kappa shape index (κ1) is 14.0. The Morgan fingerprint density at radius 1 is 1.50 bits per heavy atom. The van der Waals surface area contributed by atoms with Crippen molar-refractivity contribution in [2.75, 3.05) is 18.6 Å². The fourth-order valence-corrected chi connectivity index (χ4v) is 2.51. The number of carbonyl (C=O) groups excluding carboxylic acids is 1. The molecular formula is C13H12N4O2S. The number of aromatic nitrogens is 3. The molecule has 0 radical (unpaired) electrons. The minimum absolute atomic E-state index is 0.0552. The monoisotopic (exact) mass is 288 g/mol. The standard InChI is InChI=1S/C13H12N4O2S/c1-4-5-19-13(18)17(3)12-9(2)16-11(20-12)10-6-14-8-15-7-10/h1,6-8H,5H2,2-3H3. The highest BCUT2D eigenvalue weighted by Gasteiger charge is 2.19. The fraction of sp³-hybridized carbons (Fsp3) is 0.231. The van der Waals surface area contributed by atoms with Gasteiger partial charge in [-0.1, -0.05) is 17.3 Å². The summed E-state index contributed by atoms with van der Waals surface area (Å²) in [4.78, 5) is 25.5. The van der Waals surface area contributed by atoms with Crippen LogP contribution in [0.1, 0.15) is 5.69 Å². The first-order valence-corrected chi connectivity index (χ1v) is 6.52. The summed E-state index contributed by atoms with van der Waals surface area (Å²) in [7, 11) is 1.62. The van der Waals surface area contributed by atoms with Crippen molar-refractivity contribution in [3.63, 3.8) is 0 Å². The van der Waals surface area contributed by atoms with Gasteiger partial charge in [0.05, 0.1) is 5.69 Å². The fourth-order valence-electron chi connectivity index (χ4n) is 1.52. The van der Waals surface area contributed by atoms with Gasteiger partial charge in [-0.3, -0.25) is 4.90 Å². The Hall–Kier alpha value is -2.46. The van der Waals surface area contributed by atoms with Crippen LogP contribution >= 0.6 is 11.3 Å². The van der Waals surface area contributed by atoms with Crippen molar-refractivity contribution in [2.24, 2.45) is 0 Å². The van der Waals surface area contributed by atoms with Crippen LogP contribution in [0, 0.1) is 19.3 Å². The number of anilines is 1. The molecule has 0 unspecified atom stereocenters. The predicted molar refractivity (Wildman–Crippen MR) is 76.5 cm³/mol. The van der Waals surface area contributed by atoms with Gasteiger partial charge in [-0.05, 0) is 6.92 Å². The molecule has 0 aliphatic rings. The van der Waals surface area contributed by atoms with Gasteiger partial charge in [0.1, 0.15) is 16.3 Å². The Morgan fingerprint density at radius 2 is 2.20 bits per heavy atom. The molecule has 2 heterocycles. The summed E-state index contributed by atoms with van der Waals surface area (Å²) in [6.45, 7) is 1.77. The van der Waals surface area contributed by atoms with Crippen LogP contribution in [-0.4, -0.2) is 34.7 Å². The van der Waals surface area contributed by atoms with E-state index in [9.17, 15) is 4.79 Å². The maximum Gasteiger partial charge on any atom is 0.415 e. The Morgan fingerprint density at radius 3 is 2.85 bits per heavy atom. The number of rotatable bonds is 3. The molecule has 0 fully saturated rings. The van der Waals surface area contributed by atoms with Crippen LogP contribution in [0.4, 0.5) is 9.80 Å². The maximum absolute atomic E-state index is 11.8. The second-order valence-corrected chi connectivity index (χ2v) is 4.83. The number of ether oxygens (including phenoxy) is 1. The van der Waals surface area contributed by atoms with Gasteiger partial charge in [-0.15, -0.1) is 6.42 Å². The maximum atomic E-state index is 11.8. The minimum Gasteiger partial charge on any atom is -0.436 e. The summed E-state index contributed by atoms with van der Waals surface area (Å²) in [6, 6.07) is 0. The lowest BCUT2D eigenvalue weighted by Crippen LogP contribution is -2.26. The zero-order valence-electron chi connectivity index (χ0n) is 11.0. The van der Waals surface area contributed by atoms with E-state index in [0.29, 0.717) is 5.00 Å². The number of amides is 1. The molecule has 0 saturated heterocycles. The Bertz CT molecular complexity index is 648. The summed E-state index contributed by atoms with van der Waals surface area (Å²) in [6.07, 6.45) is 9.34. The number of nitrogens with zero attached hydrogens (tertiary/aromatic N) is 4. The third-order valence-electron chi connectivity index (χ3n) is 2.44. The molecule has 7 heteroatoms. The van der Waals surface area contributed by atoms with E-state index in [0.717, 1.165) is 16.3 Å². The number of hydrogen-bond acceptors (Lipinski definition) is 6. The van der Waals surface area contributed by atoms with E-state index in [1.807, 2.05) is 6.92 Å². The first-order chi connectivity index (χ1) is 9.63. The third kappa shape index (κ3) is 2.92. The molecule has 0 N–H and O–H groups in total. The molecule has 2 rings (SSSR count). The highest BCUT2D eigenvalue weighted by Crippen LogP contribution is 2.33. The summed E-state index contributed by atoms with van der Waals surface area (Å²) >= 11 is 1.36. The summed E-state index contributed by atoms with van der Waals surface area (Å²) < 4.78 is 4.88. The van der Waals surface area contributed by atoms with Gasteiger partial charge in [0.15, 0.2) is 6.61 Å². The van der Waals surface area contributed by atoms with Crippen LogP contribution in [-0.2, 0) is 4.74 Å². The van der Waals surface area contributed by atoms with Crippen molar-refractivity contribution in [1.82, 2.24) is 15.0 Å². The van der Waals surface area contributed by atoms with Crippen molar-refractivity contribution in [2.45, 2.75) is 6.92 Å². The van der Waals surface area contributed by atoms with E-state index in [-0.39, 0.29) is 6.61 Å². The Kier molecular flexibility index (Phi) is 4.27. The van der Waals surface area contributed by atoms with Gasteiger partial charge in [0, 0.05) is 25.0 Å². The van der Waals surface area contributed by atoms with Crippen LogP contribution in [0.15, 0.2) is 18.7 Å². The number of thiazole rings is 1. The number of terminal acetylenes is 1. The lowest BCUT2D eigenvalue weighted by Gasteiger charge is -2.14. The molecular weight excluding hydrogens is 276 g/mol. The Labute approximate surface area is 120 Å². The molecule has 0 aromatic carbocycles. The average molecular weight is 288 g/mol. The van der Waals surface area contributed by atoms with Crippen LogP contribution in [0.5, 0.6) is 0 Å².